The lowest BCUT2D eigenvalue weighted by atomic mass is 10.1. The number of ether oxygens (including phenoxy) is 4. The van der Waals surface area contributed by atoms with Gasteiger partial charge in [-0.25, -0.2) is 14.4 Å². The van der Waals surface area contributed by atoms with E-state index in [0.717, 1.165) is 56.1 Å². The molecule has 0 aromatic heterocycles. The van der Waals surface area contributed by atoms with Crippen molar-refractivity contribution >= 4 is 18.2 Å². The van der Waals surface area contributed by atoms with Gasteiger partial charge in [0, 0.05) is 0 Å². The van der Waals surface area contributed by atoms with Gasteiger partial charge in [-0.2, -0.15) is 0 Å². The molecule has 0 saturated heterocycles. The Hall–Kier alpha value is -3.81. The van der Waals surface area contributed by atoms with Crippen LogP contribution in [-0.2, 0) is 37.0 Å². The Morgan fingerprint density at radius 1 is 0.730 bits per heavy atom. The quantitative estimate of drug-likeness (QED) is 0.119. The summed E-state index contributed by atoms with van der Waals surface area (Å²) in [6, 6.07) is 17.0. The standard InChI is InChI=1S/C29H37NO7/c1-2-3-4-5-6-7-8-15-20-34-29(33)37-23-26(27(31)35-21-24-16-11-9-12-17-24)30-28(32)36-22-25-18-13-10-14-19-25/h2,9-14,16-19,26H,1,3-8,15,20-23H2,(H,30,32). The summed E-state index contributed by atoms with van der Waals surface area (Å²) in [7, 11) is 0. The number of unbranched alkanes of at least 4 members (excludes halogenated alkanes) is 6. The Morgan fingerprint density at radius 2 is 1.30 bits per heavy atom. The van der Waals surface area contributed by atoms with Crippen molar-refractivity contribution in [1.29, 1.82) is 0 Å². The van der Waals surface area contributed by atoms with E-state index in [1.54, 1.807) is 24.3 Å². The van der Waals surface area contributed by atoms with Crippen molar-refractivity contribution in [2.75, 3.05) is 13.2 Å². The summed E-state index contributed by atoms with van der Waals surface area (Å²) in [6.07, 6.45) is 7.41. The van der Waals surface area contributed by atoms with Crippen molar-refractivity contribution in [2.24, 2.45) is 0 Å². The van der Waals surface area contributed by atoms with Crippen LogP contribution >= 0.6 is 0 Å². The normalized spacial score (nSPS) is 11.1. The first-order valence-electron chi connectivity index (χ1n) is 12.7. The monoisotopic (exact) mass is 511 g/mol. The zero-order valence-corrected chi connectivity index (χ0v) is 21.3. The van der Waals surface area contributed by atoms with Gasteiger partial charge in [-0.1, -0.05) is 92.4 Å². The summed E-state index contributed by atoms with van der Waals surface area (Å²) in [5, 5.41) is 2.41. The predicted molar refractivity (Wildman–Crippen MR) is 140 cm³/mol. The molecule has 2 aromatic carbocycles. The largest absolute Gasteiger partial charge is 0.508 e. The lowest BCUT2D eigenvalue weighted by Gasteiger charge is -2.17. The highest BCUT2D eigenvalue weighted by Crippen LogP contribution is 2.08. The zero-order valence-electron chi connectivity index (χ0n) is 21.3. The summed E-state index contributed by atoms with van der Waals surface area (Å²) in [5.74, 6) is -0.759. The van der Waals surface area contributed by atoms with Gasteiger partial charge in [-0.05, 0) is 30.4 Å². The fourth-order valence-electron chi connectivity index (χ4n) is 3.35. The third-order valence-electron chi connectivity index (χ3n) is 5.40. The second kappa shape index (κ2) is 18.5. The maximum atomic E-state index is 12.6. The molecule has 200 valence electrons. The average molecular weight is 512 g/mol. The Morgan fingerprint density at radius 3 is 1.92 bits per heavy atom. The molecule has 37 heavy (non-hydrogen) atoms. The Balaban J connectivity index is 1.75. The van der Waals surface area contributed by atoms with Crippen LogP contribution < -0.4 is 5.32 Å². The fraction of sp³-hybridized carbons (Fsp3) is 0.414. The number of alkyl carbamates (subject to hydrolysis) is 1. The number of nitrogens with one attached hydrogen (secondary N) is 1. The van der Waals surface area contributed by atoms with Crippen LogP contribution in [0.25, 0.3) is 0 Å². The molecule has 0 aliphatic rings. The van der Waals surface area contributed by atoms with Crippen molar-refractivity contribution in [3.63, 3.8) is 0 Å². The number of carbonyl (C=O) groups is 3. The van der Waals surface area contributed by atoms with Crippen molar-refractivity contribution < 1.29 is 33.3 Å². The minimum absolute atomic E-state index is 0.00888. The maximum Gasteiger partial charge on any atom is 0.508 e. The number of hydrogen-bond acceptors (Lipinski definition) is 7. The fourth-order valence-corrected chi connectivity index (χ4v) is 3.35. The van der Waals surface area contributed by atoms with Crippen LogP contribution in [0.4, 0.5) is 9.59 Å². The first-order valence-corrected chi connectivity index (χ1v) is 12.7. The molecule has 0 radical (unpaired) electrons. The van der Waals surface area contributed by atoms with Crippen molar-refractivity contribution in [3.05, 3.63) is 84.4 Å². The molecule has 8 nitrogen and oxygen atoms in total. The molecule has 0 aliphatic heterocycles. The van der Waals surface area contributed by atoms with Crippen LogP contribution in [0.15, 0.2) is 73.3 Å². The molecule has 1 N–H and O–H groups in total. The Labute approximate surface area is 218 Å². The zero-order chi connectivity index (χ0) is 26.6. The van der Waals surface area contributed by atoms with Gasteiger partial charge in [0.05, 0.1) is 6.61 Å². The average Bonchev–Trinajstić information content (AvgIpc) is 2.93. The van der Waals surface area contributed by atoms with E-state index in [1.165, 1.54) is 0 Å². The smallest absolute Gasteiger partial charge is 0.459 e. The topological polar surface area (TPSA) is 100 Å². The molecule has 8 heteroatoms. The van der Waals surface area contributed by atoms with E-state index >= 15 is 0 Å². The van der Waals surface area contributed by atoms with E-state index < -0.39 is 30.9 Å². The molecule has 0 aliphatic carbocycles. The first kappa shape index (κ1) is 29.4. The van der Waals surface area contributed by atoms with Gasteiger partial charge in [0.25, 0.3) is 0 Å². The second-order valence-electron chi connectivity index (χ2n) is 8.46. The number of amides is 1. The third kappa shape index (κ3) is 13.8. The SMILES string of the molecule is C=CCCCCCCCCOC(=O)OCC(NC(=O)OCc1ccccc1)C(=O)OCc1ccccc1. The lowest BCUT2D eigenvalue weighted by Crippen LogP contribution is -2.45. The van der Waals surface area contributed by atoms with E-state index in [2.05, 4.69) is 11.9 Å². The third-order valence-corrected chi connectivity index (χ3v) is 5.40. The van der Waals surface area contributed by atoms with Gasteiger partial charge in [-0.15, -0.1) is 6.58 Å². The van der Waals surface area contributed by atoms with Crippen LogP contribution in [0, 0.1) is 0 Å². The Bertz CT molecular complexity index is 934. The van der Waals surface area contributed by atoms with Crippen LogP contribution in [0.1, 0.15) is 56.1 Å². The first-order chi connectivity index (χ1) is 18.1. The highest BCUT2D eigenvalue weighted by atomic mass is 16.7. The summed E-state index contributed by atoms with van der Waals surface area (Å²) in [4.78, 5) is 36.9. The van der Waals surface area contributed by atoms with Crippen LogP contribution in [0.5, 0.6) is 0 Å². The molecule has 1 atom stereocenters. The van der Waals surface area contributed by atoms with Gasteiger partial charge < -0.3 is 24.3 Å². The highest BCUT2D eigenvalue weighted by Gasteiger charge is 2.25. The molecule has 0 heterocycles. The number of hydrogen-bond donors (Lipinski definition) is 1. The summed E-state index contributed by atoms with van der Waals surface area (Å²) >= 11 is 0. The molecule has 0 fully saturated rings. The highest BCUT2D eigenvalue weighted by molar-refractivity contribution is 5.81. The maximum absolute atomic E-state index is 12.6. The molecule has 1 unspecified atom stereocenters. The second-order valence-corrected chi connectivity index (χ2v) is 8.46. The molecule has 2 rings (SSSR count). The van der Waals surface area contributed by atoms with E-state index in [9.17, 15) is 14.4 Å². The van der Waals surface area contributed by atoms with Gasteiger partial charge >= 0.3 is 18.2 Å². The van der Waals surface area contributed by atoms with E-state index in [0.29, 0.717) is 0 Å². The predicted octanol–water partition coefficient (Wildman–Crippen LogP) is 6.09. The van der Waals surface area contributed by atoms with Crippen molar-refractivity contribution in [1.82, 2.24) is 5.32 Å². The number of allylic oxidation sites excluding steroid dienone is 1. The number of esters is 1. The molecule has 0 bridgehead atoms. The number of carbonyl (C=O) groups excluding carboxylic acids is 3. The molecule has 0 spiro atoms. The van der Waals surface area contributed by atoms with Crippen molar-refractivity contribution in [3.8, 4) is 0 Å². The van der Waals surface area contributed by atoms with E-state index in [-0.39, 0.29) is 19.8 Å². The lowest BCUT2D eigenvalue weighted by molar-refractivity contribution is -0.148. The number of benzene rings is 2. The minimum Gasteiger partial charge on any atom is -0.459 e. The molecular formula is C29H37NO7. The van der Waals surface area contributed by atoms with Crippen LogP contribution in [0.2, 0.25) is 0 Å². The van der Waals surface area contributed by atoms with Gasteiger partial charge in [0.1, 0.15) is 19.8 Å². The van der Waals surface area contributed by atoms with Crippen LogP contribution in [0.3, 0.4) is 0 Å². The van der Waals surface area contributed by atoms with E-state index in [1.807, 2.05) is 42.5 Å². The Kier molecular flexibility index (Phi) is 14.7. The molecular weight excluding hydrogens is 474 g/mol. The molecule has 1 amide bonds. The van der Waals surface area contributed by atoms with Gasteiger partial charge in [0.15, 0.2) is 6.04 Å². The molecule has 2 aromatic rings. The minimum atomic E-state index is -1.25. The summed E-state index contributed by atoms with van der Waals surface area (Å²) < 4.78 is 20.6. The van der Waals surface area contributed by atoms with Crippen LogP contribution in [-0.4, -0.2) is 37.5 Å². The van der Waals surface area contributed by atoms with E-state index in [4.69, 9.17) is 18.9 Å². The van der Waals surface area contributed by atoms with Gasteiger partial charge in [-0.3, -0.25) is 0 Å². The number of rotatable bonds is 17. The molecule has 0 saturated carbocycles. The summed E-state index contributed by atoms with van der Waals surface area (Å²) in [5.41, 5.74) is 1.57. The summed E-state index contributed by atoms with van der Waals surface area (Å²) in [6.45, 7) is 3.52. The van der Waals surface area contributed by atoms with Crippen molar-refractivity contribution in [2.45, 2.75) is 64.2 Å². The van der Waals surface area contributed by atoms with Gasteiger partial charge in [0.2, 0.25) is 0 Å².